The molecule has 17 heavy (non-hydrogen) atoms. The molecular formula is C14H27NO2. The molecule has 5 atom stereocenters. The van der Waals surface area contributed by atoms with Gasteiger partial charge in [-0.05, 0) is 31.1 Å². The van der Waals surface area contributed by atoms with Gasteiger partial charge in [-0.15, -0.1) is 0 Å². The van der Waals surface area contributed by atoms with Crippen LogP contribution in [0, 0.1) is 17.8 Å². The molecule has 1 heterocycles. The molecule has 1 aliphatic heterocycles. The van der Waals surface area contributed by atoms with Gasteiger partial charge in [0.25, 0.3) is 0 Å². The number of methoxy groups -OCH3 is 1. The van der Waals surface area contributed by atoms with Crippen LogP contribution < -0.4 is 0 Å². The molecule has 0 bridgehead atoms. The van der Waals surface area contributed by atoms with Crippen LogP contribution in [0.4, 0.5) is 0 Å². The first-order chi connectivity index (χ1) is 8.10. The highest BCUT2D eigenvalue weighted by Gasteiger charge is 2.35. The summed E-state index contributed by atoms with van der Waals surface area (Å²) < 4.78 is 5.40. The van der Waals surface area contributed by atoms with Gasteiger partial charge in [0.15, 0.2) is 0 Å². The van der Waals surface area contributed by atoms with Gasteiger partial charge in [-0.2, -0.15) is 0 Å². The van der Waals surface area contributed by atoms with Crippen molar-refractivity contribution in [3.8, 4) is 0 Å². The summed E-state index contributed by atoms with van der Waals surface area (Å²) in [5, 5.41) is 10.2. The number of ether oxygens (including phenoxy) is 1. The molecule has 1 N–H and O–H groups in total. The molecular weight excluding hydrogens is 214 g/mol. The second kappa shape index (κ2) is 5.68. The smallest absolute Gasteiger partial charge is 0.0710 e. The van der Waals surface area contributed by atoms with Gasteiger partial charge < -0.3 is 14.7 Å². The molecule has 1 saturated carbocycles. The Morgan fingerprint density at radius 2 is 2.06 bits per heavy atom. The van der Waals surface area contributed by atoms with Crippen LogP contribution in [0.2, 0.25) is 0 Å². The van der Waals surface area contributed by atoms with E-state index in [2.05, 4.69) is 18.7 Å². The third kappa shape index (κ3) is 3.21. The number of aliphatic hydroxyl groups excluding tert-OH is 1. The van der Waals surface area contributed by atoms with Crippen LogP contribution in [0.5, 0.6) is 0 Å². The van der Waals surface area contributed by atoms with Crippen molar-refractivity contribution in [2.24, 2.45) is 17.8 Å². The zero-order valence-electron chi connectivity index (χ0n) is 11.4. The van der Waals surface area contributed by atoms with Crippen molar-refractivity contribution < 1.29 is 9.84 Å². The quantitative estimate of drug-likeness (QED) is 0.817. The Balaban J connectivity index is 1.85. The molecule has 0 radical (unpaired) electrons. The lowest BCUT2D eigenvalue weighted by molar-refractivity contribution is -0.00112. The van der Waals surface area contributed by atoms with Crippen LogP contribution >= 0.6 is 0 Å². The Bertz CT molecular complexity index is 234. The van der Waals surface area contributed by atoms with Crippen molar-refractivity contribution in [2.75, 3.05) is 26.7 Å². The summed E-state index contributed by atoms with van der Waals surface area (Å²) in [6.07, 6.45) is 3.70. The van der Waals surface area contributed by atoms with Crippen LogP contribution in [0.25, 0.3) is 0 Å². The van der Waals surface area contributed by atoms with Gasteiger partial charge in [0.2, 0.25) is 0 Å². The minimum Gasteiger partial charge on any atom is -0.393 e. The first kappa shape index (κ1) is 13.3. The second-order valence-corrected chi connectivity index (χ2v) is 6.19. The van der Waals surface area contributed by atoms with Crippen LogP contribution in [-0.2, 0) is 4.74 Å². The van der Waals surface area contributed by atoms with Gasteiger partial charge in [0, 0.05) is 32.7 Å². The number of aliphatic hydroxyl groups is 1. The van der Waals surface area contributed by atoms with Crippen molar-refractivity contribution in [3.05, 3.63) is 0 Å². The molecule has 0 aromatic rings. The Kier molecular flexibility index (Phi) is 4.45. The molecule has 3 heteroatoms. The number of likely N-dealkylation sites (tertiary alicyclic amines) is 1. The lowest BCUT2D eigenvalue weighted by Gasteiger charge is -2.38. The molecule has 0 amide bonds. The summed E-state index contributed by atoms with van der Waals surface area (Å²) in [7, 11) is 1.80. The average molecular weight is 241 g/mol. The molecule has 0 spiro atoms. The molecule has 5 unspecified atom stereocenters. The molecule has 2 rings (SSSR count). The summed E-state index contributed by atoms with van der Waals surface area (Å²) in [4.78, 5) is 2.47. The molecule has 0 aromatic heterocycles. The van der Waals surface area contributed by atoms with Crippen molar-refractivity contribution in [1.82, 2.24) is 4.90 Å². The lowest BCUT2D eigenvalue weighted by atomic mass is 9.73. The van der Waals surface area contributed by atoms with E-state index in [-0.39, 0.29) is 6.10 Å². The average Bonchev–Trinajstić information content (AvgIpc) is 2.71. The highest BCUT2D eigenvalue weighted by Crippen LogP contribution is 2.34. The van der Waals surface area contributed by atoms with E-state index in [1.807, 2.05) is 0 Å². The summed E-state index contributed by atoms with van der Waals surface area (Å²) in [6.45, 7) is 7.78. The zero-order valence-corrected chi connectivity index (χ0v) is 11.4. The van der Waals surface area contributed by atoms with Gasteiger partial charge in [0.05, 0.1) is 12.2 Å². The number of nitrogens with zero attached hydrogens (tertiary/aromatic N) is 1. The van der Waals surface area contributed by atoms with E-state index in [1.54, 1.807) is 7.11 Å². The monoisotopic (exact) mass is 241 g/mol. The minimum atomic E-state index is -0.102. The van der Waals surface area contributed by atoms with Gasteiger partial charge >= 0.3 is 0 Å². The fourth-order valence-corrected chi connectivity index (χ4v) is 3.63. The molecule has 0 aromatic carbocycles. The Labute approximate surface area is 105 Å². The number of hydrogen-bond acceptors (Lipinski definition) is 3. The fourth-order valence-electron chi connectivity index (χ4n) is 3.63. The van der Waals surface area contributed by atoms with Crippen LogP contribution in [-0.4, -0.2) is 49.0 Å². The maximum atomic E-state index is 10.2. The highest BCUT2D eigenvalue weighted by atomic mass is 16.5. The van der Waals surface area contributed by atoms with E-state index < -0.39 is 0 Å². The summed E-state index contributed by atoms with van der Waals surface area (Å²) in [6, 6.07) is 0. The van der Waals surface area contributed by atoms with E-state index in [0.29, 0.717) is 23.9 Å². The molecule has 1 saturated heterocycles. The lowest BCUT2D eigenvalue weighted by Crippen LogP contribution is -2.42. The topological polar surface area (TPSA) is 32.7 Å². The van der Waals surface area contributed by atoms with Crippen molar-refractivity contribution in [2.45, 2.75) is 45.3 Å². The Hall–Kier alpha value is -0.120. The number of hydrogen-bond donors (Lipinski definition) is 1. The Morgan fingerprint density at radius 1 is 1.29 bits per heavy atom. The first-order valence-corrected chi connectivity index (χ1v) is 7.03. The van der Waals surface area contributed by atoms with Crippen LogP contribution in [0.3, 0.4) is 0 Å². The fraction of sp³-hybridized carbons (Fsp3) is 1.00. The van der Waals surface area contributed by atoms with Crippen LogP contribution in [0.1, 0.15) is 33.1 Å². The number of rotatable bonds is 3. The third-order valence-electron chi connectivity index (χ3n) is 4.67. The molecule has 1 aliphatic carbocycles. The minimum absolute atomic E-state index is 0.102. The van der Waals surface area contributed by atoms with E-state index in [9.17, 15) is 5.11 Å². The SMILES string of the molecule is COC1CCN(CC2C(C)CC(C)CC2O)C1. The van der Waals surface area contributed by atoms with Crippen molar-refractivity contribution in [1.29, 1.82) is 0 Å². The van der Waals surface area contributed by atoms with Gasteiger partial charge in [-0.3, -0.25) is 0 Å². The molecule has 3 nitrogen and oxygen atoms in total. The largest absolute Gasteiger partial charge is 0.393 e. The molecule has 100 valence electrons. The van der Waals surface area contributed by atoms with E-state index in [4.69, 9.17) is 4.74 Å². The Morgan fingerprint density at radius 3 is 2.65 bits per heavy atom. The normalized spacial score (nSPS) is 44.1. The van der Waals surface area contributed by atoms with E-state index in [1.165, 1.54) is 6.42 Å². The first-order valence-electron chi connectivity index (χ1n) is 7.03. The summed E-state index contributed by atoms with van der Waals surface area (Å²) in [5.74, 6) is 1.79. The van der Waals surface area contributed by atoms with Crippen molar-refractivity contribution >= 4 is 0 Å². The second-order valence-electron chi connectivity index (χ2n) is 6.19. The van der Waals surface area contributed by atoms with Gasteiger partial charge in [0.1, 0.15) is 0 Å². The predicted molar refractivity (Wildman–Crippen MR) is 68.9 cm³/mol. The van der Waals surface area contributed by atoms with E-state index >= 15 is 0 Å². The van der Waals surface area contributed by atoms with Gasteiger partial charge in [-0.1, -0.05) is 13.8 Å². The third-order valence-corrected chi connectivity index (χ3v) is 4.67. The summed E-state index contributed by atoms with van der Waals surface area (Å²) >= 11 is 0. The van der Waals surface area contributed by atoms with E-state index in [0.717, 1.165) is 32.5 Å². The zero-order chi connectivity index (χ0) is 12.4. The highest BCUT2D eigenvalue weighted by molar-refractivity contribution is 4.87. The maximum Gasteiger partial charge on any atom is 0.0710 e. The summed E-state index contributed by atoms with van der Waals surface area (Å²) in [5.41, 5.74) is 0. The van der Waals surface area contributed by atoms with Crippen LogP contribution in [0.15, 0.2) is 0 Å². The maximum absolute atomic E-state index is 10.2. The van der Waals surface area contributed by atoms with Gasteiger partial charge in [-0.25, -0.2) is 0 Å². The van der Waals surface area contributed by atoms with Crippen molar-refractivity contribution in [3.63, 3.8) is 0 Å². The standard InChI is InChI=1S/C14H27NO2/c1-10-6-11(2)13(14(16)7-10)9-15-5-4-12(8-15)17-3/h10-14,16H,4-9H2,1-3H3. The molecule has 2 aliphatic rings. The molecule has 2 fully saturated rings. The predicted octanol–water partition coefficient (Wildman–Crippen LogP) is 1.75.